The number of fused-ring (bicyclic) bond motifs is 1. The fraction of sp³-hybridized carbons (Fsp3) is 0.357. The minimum Gasteiger partial charge on any atom is -0.323 e. The topological polar surface area (TPSA) is 115 Å². The summed E-state index contributed by atoms with van der Waals surface area (Å²) in [6.45, 7) is 4.58. The van der Waals surface area contributed by atoms with Crippen molar-refractivity contribution in [3.8, 4) is 0 Å². The minimum atomic E-state index is -3.94. The Hall–Kier alpha value is -2.53. The molecular weight excluding hydrogens is 382 g/mol. The van der Waals surface area contributed by atoms with Gasteiger partial charge in [0, 0.05) is 19.3 Å². The van der Waals surface area contributed by atoms with Crippen molar-refractivity contribution in [3.05, 3.63) is 35.5 Å². The Bertz CT molecular complexity index is 1060. The van der Waals surface area contributed by atoms with Gasteiger partial charge >= 0.3 is 6.03 Å². The highest BCUT2D eigenvalue weighted by molar-refractivity contribution is 7.90. The summed E-state index contributed by atoms with van der Waals surface area (Å²) < 4.78 is 27.4. The zero-order valence-corrected chi connectivity index (χ0v) is 15.6. The highest BCUT2D eigenvalue weighted by atomic mass is 35.5. The number of hydrogen-bond acceptors (Lipinski definition) is 7. The summed E-state index contributed by atoms with van der Waals surface area (Å²) in [4.78, 5) is 21.7. The summed E-state index contributed by atoms with van der Waals surface area (Å²) >= 11 is 6.15. The standard InChI is InChI=1S/C14H16ClN7O3S/c1-3-20(4-2)14(23)21-9-16-13(19-21)26(24,25)8-10-12(15)22-11(18-10)6-5-7-17-22/h5-7,9H,3-4,8H2,1-2H3. The van der Waals surface area contributed by atoms with Crippen LogP contribution in [0.25, 0.3) is 5.65 Å². The molecule has 0 saturated carbocycles. The molecule has 0 spiro atoms. The number of amides is 1. The number of halogens is 1. The monoisotopic (exact) mass is 397 g/mol. The number of carbonyl (C=O) groups is 1. The zero-order chi connectivity index (χ0) is 18.9. The number of nitrogens with zero attached hydrogens (tertiary/aromatic N) is 7. The Morgan fingerprint density at radius 3 is 2.69 bits per heavy atom. The van der Waals surface area contributed by atoms with Gasteiger partial charge in [0.25, 0.3) is 5.16 Å². The molecule has 12 heteroatoms. The second-order valence-corrected chi connectivity index (χ2v) is 7.57. The van der Waals surface area contributed by atoms with E-state index in [4.69, 9.17) is 11.6 Å². The number of carbonyl (C=O) groups excluding carboxylic acids is 1. The molecule has 0 aromatic carbocycles. The van der Waals surface area contributed by atoms with Crippen molar-refractivity contribution >= 4 is 33.1 Å². The molecule has 0 aliphatic heterocycles. The average Bonchev–Trinajstić information content (AvgIpc) is 3.23. The molecule has 138 valence electrons. The van der Waals surface area contributed by atoms with Crippen LogP contribution in [-0.4, -0.2) is 61.8 Å². The predicted octanol–water partition coefficient (Wildman–Crippen LogP) is 1.26. The molecule has 3 rings (SSSR count). The van der Waals surface area contributed by atoms with Crippen LogP contribution in [0.4, 0.5) is 4.79 Å². The molecule has 10 nitrogen and oxygen atoms in total. The maximum absolute atomic E-state index is 12.6. The number of hydrogen-bond donors (Lipinski definition) is 0. The first-order valence-corrected chi connectivity index (χ1v) is 9.82. The molecule has 0 fully saturated rings. The van der Waals surface area contributed by atoms with Crippen LogP contribution < -0.4 is 0 Å². The lowest BCUT2D eigenvalue weighted by atomic mass is 10.5. The number of rotatable bonds is 5. The number of imidazole rings is 1. The van der Waals surface area contributed by atoms with E-state index in [2.05, 4.69) is 20.2 Å². The van der Waals surface area contributed by atoms with Crippen molar-refractivity contribution in [3.63, 3.8) is 0 Å². The van der Waals surface area contributed by atoms with Gasteiger partial charge in [0.1, 0.15) is 12.1 Å². The molecule has 26 heavy (non-hydrogen) atoms. The maximum Gasteiger partial charge on any atom is 0.346 e. The van der Waals surface area contributed by atoms with Crippen LogP contribution in [0.5, 0.6) is 0 Å². The van der Waals surface area contributed by atoms with E-state index >= 15 is 0 Å². The fourth-order valence-electron chi connectivity index (χ4n) is 2.36. The Kier molecular flexibility index (Phi) is 4.92. The van der Waals surface area contributed by atoms with Crippen molar-refractivity contribution in [2.24, 2.45) is 0 Å². The summed E-state index contributed by atoms with van der Waals surface area (Å²) in [5.41, 5.74) is 0.565. The van der Waals surface area contributed by atoms with Gasteiger partial charge in [-0.1, -0.05) is 11.6 Å². The first kappa shape index (κ1) is 18.3. The van der Waals surface area contributed by atoms with Gasteiger partial charge in [-0.2, -0.15) is 9.78 Å². The van der Waals surface area contributed by atoms with Crippen LogP contribution in [0.15, 0.2) is 29.8 Å². The fourth-order valence-corrected chi connectivity index (χ4v) is 3.79. The largest absolute Gasteiger partial charge is 0.346 e. The van der Waals surface area contributed by atoms with Crippen molar-refractivity contribution in [2.45, 2.75) is 24.8 Å². The van der Waals surface area contributed by atoms with Gasteiger partial charge in [0.05, 0.1) is 5.69 Å². The molecule has 0 radical (unpaired) electrons. The second-order valence-electron chi connectivity index (χ2n) is 5.33. The lowest BCUT2D eigenvalue weighted by Crippen LogP contribution is -2.34. The van der Waals surface area contributed by atoms with E-state index in [9.17, 15) is 13.2 Å². The van der Waals surface area contributed by atoms with Gasteiger partial charge in [0.2, 0.25) is 9.84 Å². The van der Waals surface area contributed by atoms with Crippen LogP contribution in [0, 0.1) is 0 Å². The molecule has 0 atom stereocenters. The van der Waals surface area contributed by atoms with Crippen LogP contribution in [0.1, 0.15) is 19.5 Å². The SMILES string of the molecule is CCN(CC)C(=O)n1cnc(S(=O)(=O)Cc2nc3cccnn3c2Cl)n1. The third kappa shape index (κ3) is 3.27. The Morgan fingerprint density at radius 1 is 1.31 bits per heavy atom. The minimum absolute atomic E-state index is 0.0998. The lowest BCUT2D eigenvalue weighted by molar-refractivity contribution is 0.201. The molecular formula is C14H16ClN7O3S. The summed E-state index contributed by atoms with van der Waals surface area (Å²) in [7, 11) is -3.94. The first-order chi connectivity index (χ1) is 12.4. The van der Waals surface area contributed by atoms with Crippen molar-refractivity contribution < 1.29 is 13.2 Å². The molecule has 0 aliphatic carbocycles. The molecule has 1 amide bonds. The molecule has 0 N–H and O–H groups in total. The highest BCUT2D eigenvalue weighted by Gasteiger charge is 2.26. The van der Waals surface area contributed by atoms with Gasteiger partial charge in [-0.3, -0.25) is 0 Å². The van der Waals surface area contributed by atoms with Crippen LogP contribution in [-0.2, 0) is 15.6 Å². The normalized spacial score (nSPS) is 11.8. The van der Waals surface area contributed by atoms with Crippen LogP contribution in [0.3, 0.4) is 0 Å². The molecule has 3 aromatic rings. The quantitative estimate of drug-likeness (QED) is 0.636. The van der Waals surface area contributed by atoms with E-state index in [1.54, 1.807) is 12.1 Å². The molecule has 0 unspecified atom stereocenters. The van der Waals surface area contributed by atoms with Gasteiger partial charge in [-0.05, 0) is 26.0 Å². The Balaban J connectivity index is 1.89. The maximum atomic E-state index is 12.6. The van der Waals surface area contributed by atoms with Gasteiger partial charge < -0.3 is 4.90 Å². The van der Waals surface area contributed by atoms with Crippen LogP contribution in [0.2, 0.25) is 5.15 Å². The van der Waals surface area contributed by atoms with Crippen molar-refractivity contribution in [2.75, 3.05) is 13.1 Å². The number of aromatic nitrogens is 6. The summed E-state index contributed by atoms with van der Waals surface area (Å²) in [5, 5.41) is 7.46. The molecule has 0 saturated heterocycles. The van der Waals surface area contributed by atoms with Gasteiger partial charge in [0.15, 0.2) is 10.8 Å². The third-order valence-electron chi connectivity index (χ3n) is 3.71. The summed E-state index contributed by atoms with van der Waals surface area (Å²) in [5.74, 6) is -0.501. The highest BCUT2D eigenvalue weighted by Crippen LogP contribution is 2.21. The van der Waals surface area contributed by atoms with E-state index < -0.39 is 26.8 Å². The molecule has 0 aliphatic rings. The smallest absolute Gasteiger partial charge is 0.323 e. The lowest BCUT2D eigenvalue weighted by Gasteiger charge is -2.17. The average molecular weight is 398 g/mol. The van der Waals surface area contributed by atoms with E-state index in [-0.39, 0.29) is 10.8 Å². The molecule has 3 aromatic heterocycles. The molecule has 0 bridgehead atoms. The molecule has 3 heterocycles. The predicted molar refractivity (Wildman–Crippen MR) is 92.6 cm³/mol. The second kappa shape index (κ2) is 7.00. The van der Waals surface area contributed by atoms with E-state index in [1.807, 2.05) is 13.8 Å². The number of sulfone groups is 1. The van der Waals surface area contributed by atoms with Gasteiger partial charge in [-0.15, -0.1) is 5.10 Å². The van der Waals surface area contributed by atoms with Crippen molar-refractivity contribution in [1.29, 1.82) is 0 Å². The van der Waals surface area contributed by atoms with E-state index in [0.717, 1.165) is 11.0 Å². The van der Waals surface area contributed by atoms with E-state index in [1.165, 1.54) is 15.6 Å². The Morgan fingerprint density at radius 2 is 2.04 bits per heavy atom. The summed E-state index contributed by atoms with van der Waals surface area (Å²) in [6.07, 6.45) is 2.60. The van der Waals surface area contributed by atoms with Gasteiger partial charge in [-0.25, -0.2) is 27.7 Å². The van der Waals surface area contributed by atoms with Crippen LogP contribution >= 0.6 is 11.6 Å². The zero-order valence-electron chi connectivity index (χ0n) is 14.1. The summed E-state index contributed by atoms with van der Waals surface area (Å²) in [6, 6.07) is 2.88. The van der Waals surface area contributed by atoms with E-state index in [0.29, 0.717) is 18.7 Å². The Labute approximate surface area is 154 Å². The van der Waals surface area contributed by atoms with Crippen molar-refractivity contribution in [1.82, 2.24) is 34.3 Å². The first-order valence-electron chi connectivity index (χ1n) is 7.79. The third-order valence-corrected chi connectivity index (χ3v) is 5.48.